The summed E-state index contributed by atoms with van der Waals surface area (Å²) in [6.07, 6.45) is 10.2. The predicted molar refractivity (Wildman–Crippen MR) is 516 cm³/mol. The highest BCUT2D eigenvalue weighted by atomic mass is 14.9. The molecular formula is C116H132N5+5. The summed E-state index contributed by atoms with van der Waals surface area (Å²) in [6.45, 7) is 42.7. The largest absolute Gasteiger partial charge is 0.213 e. The van der Waals surface area contributed by atoms with Crippen LogP contribution in [0.5, 0.6) is 0 Å². The normalized spacial score (nSPS) is 12.3. The van der Waals surface area contributed by atoms with E-state index >= 15 is 0 Å². The molecule has 0 radical (unpaired) electrons. The zero-order chi connectivity index (χ0) is 95.5. The van der Waals surface area contributed by atoms with Gasteiger partial charge in [0.2, 0.25) is 28.5 Å². The highest BCUT2D eigenvalue weighted by molar-refractivity contribution is 5.87. The third-order valence-corrected chi connectivity index (χ3v) is 24.6. The molecule has 121 heavy (non-hydrogen) atoms. The Morgan fingerprint density at radius 2 is 0.471 bits per heavy atom. The molecular weight excluding hydrogens is 1460 g/mol. The van der Waals surface area contributed by atoms with Crippen LogP contribution < -0.4 is 22.8 Å². The smallest absolute Gasteiger partial charge is 0.201 e. The first-order chi connectivity index (χ1) is 61.0. The van der Waals surface area contributed by atoms with Gasteiger partial charge in [-0.25, -0.2) is 22.8 Å². The topological polar surface area (TPSA) is 19.4 Å². The van der Waals surface area contributed by atoms with Crippen LogP contribution in [0.1, 0.15) is 157 Å². The van der Waals surface area contributed by atoms with Crippen LogP contribution in [0.4, 0.5) is 0 Å². The number of hydrogen-bond acceptors (Lipinski definition) is 0. The van der Waals surface area contributed by atoms with Gasteiger partial charge in [0.05, 0.1) is 27.8 Å². The molecule has 10 aromatic carbocycles. The molecule has 15 rings (SSSR count). The van der Waals surface area contributed by atoms with E-state index in [9.17, 15) is 0 Å². The Hall–Kier alpha value is -12.1. The number of nitrogens with zero attached hydrogens (tertiary/aromatic N) is 5. The monoisotopic (exact) mass is 1600 g/mol. The van der Waals surface area contributed by atoms with Crippen LogP contribution in [0.15, 0.2) is 237 Å². The van der Waals surface area contributed by atoms with Crippen LogP contribution in [0.25, 0.3) is 112 Å². The maximum Gasteiger partial charge on any atom is 0.213 e. The van der Waals surface area contributed by atoms with Crippen LogP contribution in [0, 0.1) is 180 Å². The van der Waals surface area contributed by atoms with Crippen molar-refractivity contribution in [2.24, 2.45) is 35.2 Å². The van der Waals surface area contributed by atoms with Gasteiger partial charge in [-0.1, -0.05) is 151 Å². The minimum atomic E-state index is -2.34. The van der Waals surface area contributed by atoms with Crippen molar-refractivity contribution in [1.29, 1.82) is 0 Å². The summed E-state index contributed by atoms with van der Waals surface area (Å²) < 4.78 is 82.6. The molecule has 15 aromatic rings. The third-order valence-electron chi connectivity index (χ3n) is 24.6. The Bertz CT molecular complexity index is 6680. The molecule has 0 amide bonds. The molecule has 5 aromatic heterocycles. The highest BCUT2D eigenvalue weighted by Gasteiger charge is 2.27. The molecule has 5 heterocycles. The van der Waals surface area contributed by atoms with Gasteiger partial charge in [0.15, 0.2) is 31.0 Å². The van der Waals surface area contributed by atoms with Crippen molar-refractivity contribution in [2.45, 2.75) is 180 Å². The summed E-state index contributed by atoms with van der Waals surface area (Å²) in [5.74, 6) is 0. The van der Waals surface area contributed by atoms with E-state index < -0.39 is 20.6 Å². The Labute approximate surface area is 739 Å². The summed E-state index contributed by atoms with van der Waals surface area (Å²) in [5.41, 5.74) is 52.5. The van der Waals surface area contributed by atoms with Gasteiger partial charge in [-0.15, -0.1) is 0 Å². The van der Waals surface area contributed by atoms with Crippen molar-refractivity contribution >= 4 is 0 Å². The summed E-state index contributed by atoms with van der Waals surface area (Å²) in [7, 11) is 10.1. The second-order valence-electron chi connectivity index (χ2n) is 34.1. The summed E-state index contributed by atoms with van der Waals surface area (Å²) in [4.78, 5) is 0. The fourth-order valence-electron chi connectivity index (χ4n) is 18.7. The van der Waals surface area contributed by atoms with Crippen LogP contribution in [0.2, 0.25) is 0 Å². The standard InChI is InChI=1S/C24H28N.4C23H26N/c1-15-10-8-9-11-21(15)23-17(3)12-18(4)24(20(23)6)22-13-16(2)19(5)14-25(22)7;2*1-15-10-11-20(16(2)13-15)22-17(3)14-18(4)23(19(22)5)21-9-7-8-12-24(21)6;1-15-11-12-21(24(6)14-15)23-18(4)13-17(3)22(19(23)5)20-10-8-7-9-16(20)2;1-15-11-12-24(6)21(13-15)23-18(4)14-17(3)22(19(23)5)20-10-8-7-9-16(20)2/h8-14H,1-7H3;4*7-14H,1-6H3/q5*+1/i;;;4D3;1D3,4D3. The molecule has 0 aliphatic rings. The summed E-state index contributed by atoms with van der Waals surface area (Å²) in [5, 5.41) is 0. The fourth-order valence-corrected chi connectivity index (χ4v) is 18.7. The van der Waals surface area contributed by atoms with Gasteiger partial charge in [-0.2, -0.15) is 0 Å². The Morgan fingerprint density at radius 1 is 0.174 bits per heavy atom. The zero-order valence-corrected chi connectivity index (χ0v) is 77.3. The average Bonchev–Trinajstić information content (AvgIpc) is 0.755. The SMILES string of the molecule is Cc1cc(-c2c(C)cc(C)c(-c3ccccc3C)c2C)[n+](C)cc1C.Cc1ccc(-c2c(C)cc(C)c(-c3cccc[n+]3C)c2C)c(C)c1.Cc1ccc(-c2c(C)cc(C)c(-c3cccc[n+]3C)c2C)c(C)c1.[2H]C([2H])([2H])c1cc(C)c(-c2ccccc2C)c(C)c1-c1ccc(C)c[n+]1C.[2H]C([2H])([2H])c1cc[n+](C)c(-c2c(C([2H])([2H])[2H])cc(C)c(-c3ccccc3C)c2C)c1. The Balaban J connectivity index is 0.000000157. The predicted octanol–water partition coefficient (Wildman–Crippen LogP) is 27.2. The molecule has 616 valence electrons. The molecule has 0 aliphatic carbocycles. The van der Waals surface area contributed by atoms with E-state index in [1.54, 1.807) is 36.0 Å². The highest BCUT2D eigenvalue weighted by Crippen LogP contribution is 2.44. The molecule has 5 heteroatoms. The van der Waals surface area contributed by atoms with Gasteiger partial charge < -0.3 is 0 Å². The second-order valence-corrected chi connectivity index (χ2v) is 34.1. The van der Waals surface area contributed by atoms with Crippen molar-refractivity contribution < 1.29 is 35.2 Å². The number of pyridine rings is 5. The summed E-state index contributed by atoms with van der Waals surface area (Å²) in [6, 6.07) is 71.3. The van der Waals surface area contributed by atoms with E-state index in [-0.39, 0.29) is 11.1 Å². The third kappa shape index (κ3) is 19.2. The Kier molecular flexibility index (Phi) is 24.4. The quantitative estimate of drug-likeness (QED) is 0.122. The van der Waals surface area contributed by atoms with E-state index in [4.69, 9.17) is 12.3 Å². The number of aromatic nitrogens is 5. The van der Waals surface area contributed by atoms with Crippen LogP contribution in [0.3, 0.4) is 0 Å². The van der Waals surface area contributed by atoms with Gasteiger partial charge >= 0.3 is 0 Å². The average molecular weight is 1610 g/mol. The molecule has 0 atom stereocenters. The van der Waals surface area contributed by atoms with Gasteiger partial charge in [-0.3, -0.25) is 0 Å². The van der Waals surface area contributed by atoms with E-state index in [1.165, 1.54) is 162 Å². The molecule has 0 fully saturated rings. The molecule has 0 bridgehead atoms. The van der Waals surface area contributed by atoms with E-state index in [0.717, 1.165) is 66.9 Å². The molecule has 5 nitrogen and oxygen atoms in total. The molecule has 0 saturated carbocycles. The van der Waals surface area contributed by atoms with E-state index in [1.807, 2.05) is 114 Å². The number of benzene rings is 10. The van der Waals surface area contributed by atoms with Crippen LogP contribution in [-0.2, 0) is 35.2 Å². The van der Waals surface area contributed by atoms with Crippen molar-refractivity contribution in [3.8, 4) is 112 Å². The maximum atomic E-state index is 8.13. The van der Waals surface area contributed by atoms with Crippen molar-refractivity contribution in [1.82, 2.24) is 0 Å². The first-order valence-corrected chi connectivity index (χ1v) is 42.3. The lowest BCUT2D eigenvalue weighted by atomic mass is 9.86. The minimum Gasteiger partial charge on any atom is -0.201 e. The molecule has 0 aliphatic heterocycles. The first-order valence-electron chi connectivity index (χ1n) is 46.8. The van der Waals surface area contributed by atoms with Crippen molar-refractivity contribution in [3.05, 3.63) is 382 Å². The van der Waals surface area contributed by atoms with Gasteiger partial charge in [-0.05, 0) is 376 Å². The Morgan fingerprint density at radius 3 is 0.826 bits per heavy atom. The minimum absolute atomic E-state index is 0.185. The first kappa shape index (κ1) is 77.6. The fraction of sp³-hybridized carbons (Fsp3) is 0.267. The lowest BCUT2D eigenvalue weighted by molar-refractivity contribution is -0.660. The van der Waals surface area contributed by atoms with Gasteiger partial charge in [0.1, 0.15) is 35.2 Å². The summed E-state index contributed by atoms with van der Waals surface area (Å²) >= 11 is 0. The van der Waals surface area contributed by atoms with Crippen molar-refractivity contribution in [3.63, 3.8) is 0 Å². The number of aryl methyl sites for hydroxylation is 26. The zero-order valence-electron chi connectivity index (χ0n) is 86.3. The molecule has 0 saturated heterocycles. The second kappa shape index (κ2) is 38.1. The van der Waals surface area contributed by atoms with Crippen LogP contribution >= 0.6 is 0 Å². The maximum absolute atomic E-state index is 8.13. The van der Waals surface area contributed by atoms with Gasteiger partial charge in [0.25, 0.3) is 0 Å². The number of rotatable bonds is 10. The van der Waals surface area contributed by atoms with E-state index in [2.05, 4.69) is 305 Å². The van der Waals surface area contributed by atoms with Crippen molar-refractivity contribution in [2.75, 3.05) is 0 Å². The molecule has 0 unspecified atom stereocenters. The lowest BCUT2D eigenvalue weighted by Gasteiger charge is -2.18. The number of hydrogen-bond donors (Lipinski definition) is 0. The van der Waals surface area contributed by atoms with Crippen LogP contribution in [-0.4, -0.2) is 0 Å². The molecule has 0 N–H and O–H groups in total. The lowest BCUT2D eigenvalue weighted by Crippen LogP contribution is -2.32. The van der Waals surface area contributed by atoms with Gasteiger partial charge in [0, 0.05) is 72.0 Å². The van der Waals surface area contributed by atoms with E-state index in [0.29, 0.717) is 16.8 Å². The molecule has 0 spiro atoms.